The van der Waals surface area contributed by atoms with Crippen LogP contribution in [0.4, 0.5) is 4.79 Å². The molecule has 136 valence electrons. The number of benzene rings is 2. The monoisotopic (exact) mass is 355 g/mol. The topological polar surface area (TPSA) is 80.0 Å². The Kier molecular flexibility index (Phi) is 4.69. The van der Waals surface area contributed by atoms with E-state index in [1.165, 1.54) is 0 Å². The Balaban J connectivity index is 1.86. The second kappa shape index (κ2) is 6.66. The lowest BCUT2D eigenvalue weighted by Crippen LogP contribution is -2.41. The van der Waals surface area contributed by atoms with Crippen LogP contribution in [-0.2, 0) is 9.31 Å². The van der Waals surface area contributed by atoms with Gasteiger partial charge in [-0.25, -0.2) is 4.79 Å². The van der Waals surface area contributed by atoms with Crippen LogP contribution in [0.3, 0.4) is 0 Å². The standard InChI is InChI=1S/C19H22BNO5/c1-18(2)19(3,4)26-20(25-18)15-10-5-6-11-16(15)23-13-8-7-9-14(12-13)24-17(21)22/h5-12H,1-4H3,(H2,21,22). The molecule has 7 heteroatoms. The van der Waals surface area contributed by atoms with E-state index in [1.54, 1.807) is 24.3 Å². The van der Waals surface area contributed by atoms with Gasteiger partial charge < -0.3 is 24.5 Å². The van der Waals surface area contributed by atoms with Crippen LogP contribution in [0.1, 0.15) is 27.7 Å². The molecular weight excluding hydrogens is 333 g/mol. The number of hydrogen-bond acceptors (Lipinski definition) is 5. The lowest BCUT2D eigenvalue weighted by Gasteiger charge is -2.32. The zero-order valence-corrected chi connectivity index (χ0v) is 15.3. The van der Waals surface area contributed by atoms with Crippen molar-refractivity contribution in [2.45, 2.75) is 38.9 Å². The average Bonchev–Trinajstić information content (AvgIpc) is 2.75. The van der Waals surface area contributed by atoms with Gasteiger partial charge in [0.05, 0.1) is 11.2 Å². The summed E-state index contributed by atoms with van der Waals surface area (Å²) in [4.78, 5) is 10.9. The molecule has 0 aromatic heterocycles. The fourth-order valence-electron chi connectivity index (χ4n) is 2.58. The van der Waals surface area contributed by atoms with Gasteiger partial charge in [0.1, 0.15) is 17.2 Å². The summed E-state index contributed by atoms with van der Waals surface area (Å²) >= 11 is 0. The number of para-hydroxylation sites is 1. The van der Waals surface area contributed by atoms with Crippen molar-refractivity contribution in [3.05, 3.63) is 48.5 Å². The van der Waals surface area contributed by atoms with Crippen molar-refractivity contribution in [3.8, 4) is 17.2 Å². The second-order valence-electron chi connectivity index (χ2n) is 7.12. The van der Waals surface area contributed by atoms with Gasteiger partial charge in [0.25, 0.3) is 0 Å². The normalized spacial score (nSPS) is 17.8. The van der Waals surface area contributed by atoms with Gasteiger partial charge in [-0.3, -0.25) is 0 Å². The molecule has 0 spiro atoms. The Labute approximate surface area is 153 Å². The maximum atomic E-state index is 10.9. The third kappa shape index (κ3) is 3.69. The first-order chi connectivity index (χ1) is 12.2. The highest BCUT2D eigenvalue weighted by Gasteiger charge is 2.52. The molecule has 3 rings (SSSR count). The van der Waals surface area contributed by atoms with Crippen molar-refractivity contribution in [1.82, 2.24) is 0 Å². The van der Waals surface area contributed by atoms with Gasteiger partial charge in [-0.05, 0) is 45.9 Å². The molecule has 2 N–H and O–H groups in total. The van der Waals surface area contributed by atoms with Gasteiger partial charge >= 0.3 is 13.2 Å². The first kappa shape index (κ1) is 18.3. The van der Waals surface area contributed by atoms with Crippen LogP contribution in [-0.4, -0.2) is 24.4 Å². The highest BCUT2D eigenvalue weighted by atomic mass is 16.7. The summed E-state index contributed by atoms with van der Waals surface area (Å²) in [6, 6.07) is 14.2. The van der Waals surface area contributed by atoms with Crippen molar-refractivity contribution in [3.63, 3.8) is 0 Å². The SMILES string of the molecule is CC1(C)OB(c2ccccc2Oc2cccc(OC(N)=O)c2)OC1(C)C. The summed E-state index contributed by atoms with van der Waals surface area (Å²) in [5.74, 6) is 1.41. The van der Waals surface area contributed by atoms with E-state index in [0.717, 1.165) is 5.46 Å². The number of amides is 1. The van der Waals surface area contributed by atoms with Crippen molar-refractivity contribution in [2.24, 2.45) is 5.73 Å². The fraction of sp³-hybridized carbons (Fsp3) is 0.316. The average molecular weight is 355 g/mol. The van der Waals surface area contributed by atoms with Crippen LogP contribution in [0.5, 0.6) is 17.2 Å². The highest BCUT2D eigenvalue weighted by Crippen LogP contribution is 2.37. The summed E-state index contributed by atoms with van der Waals surface area (Å²) in [6.07, 6.45) is -0.875. The van der Waals surface area contributed by atoms with Crippen LogP contribution in [0.25, 0.3) is 0 Å². The van der Waals surface area contributed by atoms with Gasteiger partial charge in [0, 0.05) is 11.5 Å². The Hall–Kier alpha value is -2.51. The third-order valence-corrected chi connectivity index (χ3v) is 4.68. The second-order valence-corrected chi connectivity index (χ2v) is 7.12. The molecule has 1 aliphatic rings. The smallest absolute Gasteiger partial charge is 0.458 e. The molecule has 0 saturated carbocycles. The van der Waals surface area contributed by atoms with E-state index in [-0.39, 0.29) is 0 Å². The minimum atomic E-state index is -0.875. The predicted molar refractivity (Wildman–Crippen MR) is 98.9 cm³/mol. The Morgan fingerprint density at radius 1 is 0.962 bits per heavy atom. The van der Waals surface area contributed by atoms with Crippen LogP contribution in [0, 0.1) is 0 Å². The largest absolute Gasteiger partial charge is 0.498 e. The minimum absolute atomic E-state index is 0.308. The Bertz CT molecular complexity index is 805. The fourth-order valence-corrected chi connectivity index (χ4v) is 2.58. The minimum Gasteiger partial charge on any atom is -0.458 e. The van der Waals surface area contributed by atoms with E-state index in [4.69, 9.17) is 24.5 Å². The summed E-state index contributed by atoms with van der Waals surface area (Å²) in [5, 5.41) is 0. The zero-order valence-electron chi connectivity index (χ0n) is 15.3. The van der Waals surface area contributed by atoms with E-state index < -0.39 is 24.4 Å². The van der Waals surface area contributed by atoms with E-state index in [9.17, 15) is 4.79 Å². The zero-order chi connectivity index (χ0) is 18.9. The lowest BCUT2D eigenvalue weighted by atomic mass is 9.78. The first-order valence-electron chi connectivity index (χ1n) is 8.38. The maximum Gasteiger partial charge on any atom is 0.498 e. The molecule has 0 atom stereocenters. The van der Waals surface area contributed by atoms with Gasteiger partial charge in [-0.15, -0.1) is 0 Å². The molecular formula is C19H22BNO5. The van der Waals surface area contributed by atoms with Gasteiger partial charge in [0.2, 0.25) is 0 Å². The third-order valence-electron chi connectivity index (χ3n) is 4.68. The Morgan fingerprint density at radius 2 is 1.58 bits per heavy atom. The first-order valence-corrected chi connectivity index (χ1v) is 8.38. The van der Waals surface area contributed by atoms with E-state index in [1.807, 2.05) is 52.0 Å². The van der Waals surface area contributed by atoms with Crippen molar-refractivity contribution in [2.75, 3.05) is 0 Å². The molecule has 0 radical (unpaired) electrons. The maximum absolute atomic E-state index is 10.9. The predicted octanol–water partition coefficient (Wildman–Crippen LogP) is 3.24. The van der Waals surface area contributed by atoms with E-state index in [2.05, 4.69) is 0 Å². The number of ether oxygens (including phenoxy) is 2. The molecule has 26 heavy (non-hydrogen) atoms. The van der Waals surface area contributed by atoms with Crippen LogP contribution in [0.15, 0.2) is 48.5 Å². The Morgan fingerprint density at radius 3 is 2.23 bits per heavy atom. The molecule has 2 aromatic rings. The number of primary amides is 1. The van der Waals surface area contributed by atoms with E-state index in [0.29, 0.717) is 17.2 Å². The van der Waals surface area contributed by atoms with Crippen molar-refractivity contribution >= 4 is 18.7 Å². The molecule has 1 aliphatic heterocycles. The summed E-state index contributed by atoms with van der Waals surface area (Å²) in [5.41, 5.74) is 4.95. The van der Waals surface area contributed by atoms with Gasteiger partial charge in [0.15, 0.2) is 0 Å². The summed E-state index contributed by atoms with van der Waals surface area (Å²) in [6.45, 7) is 8.00. The van der Waals surface area contributed by atoms with Crippen molar-refractivity contribution < 1.29 is 23.6 Å². The van der Waals surface area contributed by atoms with Gasteiger partial charge in [-0.1, -0.05) is 24.3 Å². The van der Waals surface area contributed by atoms with Crippen LogP contribution >= 0.6 is 0 Å². The van der Waals surface area contributed by atoms with E-state index >= 15 is 0 Å². The molecule has 1 heterocycles. The molecule has 0 aliphatic carbocycles. The molecule has 1 saturated heterocycles. The molecule has 6 nitrogen and oxygen atoms in total. The van der Waals surface area contributed by atoms with Crippen LogP contribution < -0.4 is 20.7 Å². The summed E-state index contributed by atoms with van der Waals surface area (Å²) < 4.78 is 23.1. The molecule has 1 fully saturated rings. The summed E-state index contributed by atoms with van der Waals surface area (Å²) in [7, 11) is -0.541. The quantitative estimate of drug-likeness (QED) is 0.852. The van der Waals surface area contributed by atoms with Gasteiger partial charge in [-0.2, -0.15) is 0 Å². The van der Waals surface area contributed by atoms with Crippen molar-refractivity contribution in [1.29, 1.82) is 0 Å². The molecule has 1 amide bonds. The number of carbonyl (C=O) groups is 1. The number of nitrogens with two attached hydrogens (primary N) is 1. The lowest BCUT2D eigenvalue weighted by molar-refractivity contribution is 0.00578. The molecule has 2 aromatic carbocycles. The highest BCUT2D eigenvalue weighted by molar-refractivity contribution is 6.63. The molecule has 0 unspecified atom stereocenters. The number of rotatable bonds is 4. The molecule has 0 bridgehead atoms. The van der Waals surface area contributed by atoms with Crippen LogP contribution in [0.2, 0.25) is 0 Å². The number of hydrogen-bond donors (Lipinski definition) is 1. The number of carbonyl (C=O) groups excluding carboxylic acids is 1.